The zero-order valence-corrected chi connectivity index (χ0v) is 30.2. The maximum Gasteiger partial charge on any atom is 0.135 e. The second kappa shape index (κ2) is 14.5. The summed E-state index contributed by atoms with van der Waals surface area (Å²) in [5.74, 6) is 0.909. The predicted octanol–water partition coefficient (Wildman–Crippen LogP) is 14.7. The van der Waals surface area contributed by atoms with Crippen molar-refractivity contribution < 1.29 is 4.42 Å². The Bertz CT molecular complexity index is 2390. The van der Waals surface area contributed by atoms with Gasteiger partial charge in [-0.1, -0.05) is 117 Å². The molecule has 1 aromatic heterocycles. The Morgan fingerprint density at radius 1 is 0.434 bits per heavy atom. The molecule has 53 heavy (non-hydrogen) atoms. The first kappa shape index (κ1) is 32.8. The summed E-state index contributed by atoms with van der Waals surface area (Å²) in [6.45, 7) is 2.30. The van der Waals surface area contributed by atoms with Crippen molar-refractivity contribution in [1.82, 2.24) is 0 Å². The number of para-hydroxylation sites is 3. The fourth-order valence-electron chi connectivity index (χ4n) is 8.25. The van der Waals surface area contributed by atoms with E-state index in [9.17, 15) is 0 Å². The second-order valence-corrected chi connectivity index (χ2v) is 14.5. The van der Waals surface area contributed by atoms with Crippen LogP contribution >= 0.6 is 0 Å². The zero-order chi connectivity index (χ0) is 35.6. The number of hydrogen-bond donors (Lipinski definition) is 0. The molecule has 260 valence electrons. The van der Waals surface area contributed by atoms with Crippen molar-refractivity contribution in [3.05, 3.63) is 193 Å². The highest BCUT2D eigenvalue weighted by atomic mass is 16.3. The van der Waals surface area contributed by atoms with E-state index < -0.39 is 0 Å². The van der Waals surface area contributed by atoms with E-state index in [1.807, 2.05) is 12.1 Å². The minimum atomic E-state index is 0.233. The van der Waals surface area contributed by atoms with Crippen LogP contribution in [0.25, 0.3) is 21.9 Å². The molecule has 1 saturated carbocycles. The summed E-state index contributed by atoms with van der Waals surface area (Å²) in [4.78, 5) is 4.69. The van der Waals surface area contributed by atoms with Crippen LogP contribution in [0.3, 0.4) is 0 Å². The monoisotopic (exact) mass is 688 g/mol. The third kappa shape index (κ3) is 6.60. The van der Waals surface area contributed by atoms with E-state index in [4.69, 9.17) is 4.42 Å². The molecule has 0 N–H and O–H groups in total. The zero-order valence-electron chi connectivity index (χ0n) is 30.2. The molecule has 1 aliphatic rings. The summed E-state index contributed by atoms with van der Waals surface area (Å²) in [5.41, 5.74) is 12.7. The summed E-state index contributed by atoms with van der Waals surface area (Å²) in [7, 11) is 0. The third-order valence-corrected chi connectivity index (χ3v) is 11.2. The van der Waals surface area contributed by atoms with Gasteiger partial charge in [0.2, 0.25) is 0 Å². The normalized spacial score (nSPS) is 14.0. The average Bonchev–Trinajstić information content (AvgIpc) is 3.61. The molecule has 9 rings (SSSR count). The predicted molar refractivity (Wildman–Crippen MR) is 223 cm³/mol. The first-order valence-corrected chi connectivity index (χ1v) is 19.1. The van der Waals surface area contributed by atoms with Gasteiger partial charge < -0.3 is 14.2 Å². The van der Waals surface area contributed by atoms with Gasteiger partial charge >= 0.3 is 0 Å². The summed E-state index contributed by atoms with van der Waals surface area (Å²) in [6.07, 6.45) is 6.65. The molecule has 1 unspecified atom stereocenters. The van der Waals surface area contributed by atoms with E-state index in [2.05, 4.69) is 181 Å². The lowest BCUT2D eigenvalue weighted by Gasteiger charge is -2.27. The standard InChI is InChI=1S/C50H44N2O/c1-36(37-21-27-43(28-22-37)51(41-15-7-3-8-16-41)42-17-9-4-10-18-42)38-23-29-44(30-24-38)52(45-31-25-40(26-32-45)39-13-5-2-6-14-39)46-33-34-50-48(35-46)47-19-11-12-20-49(47)53-50/h3-4,7-12,15-36,39H,2,5-6,13-14H2,1H3. The van der Waals surface area contributed by atoms with Gasteiger partial charge in [0.1, 0.15) is 11.2 Å². The van der Waals surface area contributed by atoms with Crippen molar-refractivity contribution in [3.8, 4) is 0 Å². The number of benzene rings is 7. The SMILES string of the molecule is CC(c1ccc(N(c2ccccc2)c2ccccc2)cc1)c1ccc(N(c2ccc(C3CCCCC3)cc2)c2ccc3oc4ccccc4c3c2)cc1. The average molecular weight is 689 g/mol. The van der Waals surface area contributed by atoms with E-state index in [1.165, 1.54) is 48.8 Å². The molecule has 0 radical (unpaired) electrons. The molecule has 0 aliphatic heterocycles. The summed E-state index contributed by atoms with van der Waals surface area (Å²) < 4.78 is 6.21. The fraction of sp³-hybridized carbons (Fsp3) is 0.160. The van der Waals surface area contributed by atoms with Crippen molar-refractivity contribution >= 4 is 56.1 Å². The molecule has 7 aromatic carbocycles. The Morgan fingerprint density at radius 3 is 1.47 bits per heavy atom. The topological polar surface area (TPSA) is 19.6 Å². The number of furan rings is 1. The highest BCUT2D eigenvalue weighted by Gasteiger charge is 2.20. The van der Waals surface area contributed by atoms with Gasteiger partial charge in [-0.05, 0) is 120 Å². The van der Waals surface area contributed by atoms with Gasteiger partial charge in [0.05, 0.1) is 0 Å². The van der Waals surface area contributed by atoms with E-state index >= 15 is 0 Å². The van der Waals surface area contributed by atoms with Crippen molar-refractivity contribution in [1.29, 1.82) is 0 Å². The van der Waals surface area contributed by atoms with E-state index in [1.54, 1.807) is 0 Å². The van der Waals surface area contributed by atoms with E-state index in [0.29, 0.717) is 5.92 Å². The molecular formula is C50H44N2O. The molecule has 1 fully saturated rings. The Balaban J connectivity index is 1.03. The van der Waals surface area contributed by atoms with Crippen LogP contribution in [0.5, 0.6) is 0 Å². The summed E-state index contributed by atoms with van der Waals surface area (Å²) in [6, 6.07) is 63.6. The molecule has 0 saturated heterocycles. The number of fused-ring (bicyclic) bond motifs is 3. The fourth-order valence-corrected chi connectivity index (χ4v) is 8.25. The number of rotatable bonds is 9. The van der Waals surface area contributed by atoms with Crippen molar-refractivity contribution in [2.75, 3.05) is 9.80 Å². The molecule has 1 heterocycles. The highest BCUT2D eigenvalue weighted by molar-refractivity contribution is 6.06. The lowest BCUT2D eigenvalue weighted by molar-refractivity contribution is 0.443. The van der Waals surface area contributed by atoms with Gasteiger partial charge in [0.15, 0.2) is 0 Å². The number of hydrogen-bond acceptors (Lipinski definition) is 3. The molecule has 8 aromatic rings. The Kier molecular flexibility index (Phi) is 8.99. The smallest absolute Gasteiger partial charge is 0.135 e. The lowest BCUT2D eigenvalue weighted by Crippen LogP contribution is -2.11. The molecular weight excluding hydrogens is 645 g/mol. The minimum absolute atomic E-state index is 0.233. The first-order valence-electron chi connectivity index (χ1n) is 19.1. The molecule has 0 bridgehead atoms. The van der Waals surface area contributed by atoms with Gasteiger partial charge in [0, 0.05) is 50.8 Å². The van der Waals surface area contributed by atoms with Gasteiger partial charge in [0.25, 0.3) is 0 Å². The quantitative estimate of drug-likeness (QED) is 0.150. The molecule has 0 spiro atoms. The maximum atomic E-state index is 6.21. The van der Waals surface area contributed by atoms with Crippen LogP contribution in [0, 0.1) is 0 Å². The van der Waals surface area contributed by atoms with Crippen LogP contribution < -0.4 is 9.80 Å². The van der Waals surface area contributed by atoms with Crippen molar-refractivity contribution in [3.63, 3.8) is 0 Å². The molecule has 1 atom stereocenters. The Morgan fingerprint density at radius 2 is 0.887 bits per heavy atom. The van der Waals surface area contributed by atoms with Crippen LogP contribution in [0.4, 0.5) is 34.1 Å². The van der Waals surface area contributed by atoms with Crippen LogP contribution in [0.15, 0.2) is 180 Å². The highest BCUT2D eigenvalue weighted by Crippen LogP contribution is 2.41. The maximum absolute atomic E-state index is 6.21. The Hall–Kier alpha value is -6.06. The minimum Gasteiger partial charge on any atom is -0.456 e. The van der Waals surface area contributed by atoms with Gasteiger partial charge in [-0.2, -0.15) is 0 Å². The molecule has 1 aliphatic carbocycles. The summed E-state index contributed by atoms with van der Waals surface area (Å²) in [5, 5.41) is 2.27. The van der Waals surface area contributed by atoms with Crippen LogP contribution in [0.2, 0.25) is 0 Å². The Labute approximate surface area is 312 Å². The second-order valence-electron chi connectivity index (χ2n) is 14.5. The van der Waals surface area contributed by atoms with Crippen LogP contribution in [-0.4, -0.2) is 0 Å². The van der Waals surface area contributed by atoms with Crippen LogP contribution in [-0.2, 0) is 0 Å². The van der Waals surface area contributed by atoms with Gasteiger partial charge in [-0.25, -0.2) is 0 Å². The molecule has 0 amide bonds. The number of anilines is 6. The van der Waals surface area contributed by atoms with E-state index in [-0.39, 0.29) is 5.92 Å². The largest absolute Gasteiger partial charge is 0.456 e. The first-order chi connectivity index (χ1) is 26.2. The van der Waals surface area contributed by atoms with Crippen LogP contribution in [0.1, 0.15) is 67.6 Å². The van der Waals surface area contributed by atoms with E-state index in [0.717, 1.165) is 56.1 Å². The molecule has 3 nitrogen and oxygen atoms in total. The summed E-state index contributed by atoms with van der Waals surface area (Å²) >= 11 is 0. The third-order valence-electron chi connectivity index (χ3n) is 11.2. The molecule has 3 heteroatoms. The van der Waals surface area contributed by atoms with Crippen molar-refractivity contribution in [2.45, 2.75) is 50.9 Å². The lowest BCUT2D eigenvalue weighted by atomic mass is 9.84. The number of nitrogens with zero attached hydrogens (tertiary/aromatic N) is 2. The van der Waals surface area contributed by atoms with Gasteiger partial charge in [-0.15, -0.1) is 0 Å². The van der Waals surface area contributed by atoms with Crippen molar-refractivity contribution in [2.24, 2.45) is 0 Å². The van der Waals surface area contributed by atoms with Gasteiger partial charge in [-0.3, -0.25) is 0 Å².